The van der Waals surface area contributed by atoms with Crippen molar-refractivity contribution in [3.8, 4) is 22.9 Å². The number of alkyl carbamates (subject to hydrolysis) is 1. The van der Waals surface area contributed by atoms with E-state index in [4.69, 9.17) is 20.8 Å². The fourth-order valence-corrected chi connectivity index (χ4v) is 6.08. The van der Waals surface area contributed by atoms with E-state index in [9.17, 15) is 18.0 Å². The van der Waals surface area contributed by atoms with E-state index in [0.717, 1.165) is 5.69 Å². The number of hydrogen-bond acceptors (Lipinski definition) is 9. The molecule has 2 amide bonds. The largest absolute Gasteiger partial charge is 0.444 e. The molecular weight excluding hydrogens is 582 g/mol. The lowest BCUT2D eigenvalue weighted by atomic mass is 10.1. The Kier molecular flexibility index (Phi) is 7.78. The number of aromatic nitrogens is 3. The van der Waals surface area contributed by atoms with E-state index in [1.165, 1.54) is 23.1 Å². The lowest BCUT2D eigenvalue weighted by Crippen LogP contribution is -2.51. The average molecular weight is 610 g/mol. The molecule has 0 unspecified atom stereocenters. The lowest BCUT2D eigenvalue weighted by molar-refractivity contribution is -0.120. The fraction of sp³-hybridized carbons (Fsp3) is 0.276. The van der Waals surface area contributed by atoms with E-state index >= 15 is 0 Å². The van der Waals surface area contributed by atoms with Gasteiger partial charge in [-0.15, -0.1) is 10.2 Å². The quantitative estimate of drug-likeness (QED) is 0.331. The number of carbonyl (C=O) groups excluding carboxylic acids is 2. The number of hydrogen-bond donors (Lipinski definition) is 1. The van der Waals surface area contributed by atoms with Crippen LogP contribution in [0.15, 0.2) is 70.1 Å². The first-order valence-electron chi connectivity index (χ1n) is 13.0. The maximum Gasteiger partial charge on any atom is 0.408 e. The third-order valence-electron chi connectivity index (χ3n) is 6.31. The summed E-state index contributed by atoms with van der Waals surface area (Å²) in [4.78, 5) is 32.0. The van der Waals surface area contributed by atoms with Gasteiger partial charge in [0, 0.05) is 22.5 Å². The van der Waals surface area contributed by atoms with Gasteiger partial charge in [-0.2, -0.15) is 0 Å². The molecule has 1 atom stereocenters. The number of halogens is 1. The van der Waals surface area contributed by atoms with Crippen LogP contribution in [0.5, 0.6) is 0 Å². The van der Waals surface area contributed by atoms with Gasteiger partial charge in [0.25, 0.3) is 5.91 Å². The molecule has 0 radical (unpaired) electrons. The number of ether oxygens (including phenoxy) is 1. The highest BCUT2D eigenvalue weighted by Crippen LogP contribution is 2.36. The van der Waals surface area contributed by atoms with Crippen molar-refractivity contribution in [2.75, 3.05) is 10.7 Å². The molecule has 0 fully saturated rings. The molecule has 2 aromatic carbocycles. The van der Waals surface area contributed by atoms with Crippen LogP contribution >= 0.6 is 11.6 Å². The number of rotatable bonds is 5. The molecule has 0 bridgehead atoms. The normalized spacial score (nSPS) is 16.5. The van der Waals surface area contributed by atoms with Crippen LogP contribution in [0.4, 0.5) is 10.5 Å². The summed E-state index contributed by atoms with van der Waals surface area (Å²) >= 11 is 6.05. The number of pyridine rings is 1. The Bertz CT molecular complexity index is 1750. The number of aryl methyl sites for hydroxylation is 1. The van der Waals surface area contributed by atoms with Crippen molar-refractivity contribution in [3.05, 3.63) is 77.1 Å². The minimum atomic E-state index is -4.05. The maximum absolute atomic E-state index is 13.9. The Morgan fingerprint density at radius 3 is 2.38 bits per heavy atom. The molecule has 2 aromatic heterocycles. The molecule has 218 valence electrons. The van der Waals surface area contributed by atoms with E-state index in [-0.39, 0.29) is 28.9 Å². The minimum Gasteiger partial charge on any atom is -0.444 e. The first-order chi connectivity index (χ1) is 19.8. The van der Waals surface area contributed by atoms with E-state index in [1.807, 2.05) is 13.0 Å². The Morgan fingerprint density at radius 1 is 1.07 bits per heavy atom. The molecule has 1 aliphatic heterocycles. The summed E-state index contributed by atoms with van der Waals surface area (Å²) in [5, 5.41) is 11.2. The van der Waals surface area contributed by atoms with Gasteiger partial charge in [0.15, 0.2) is 9.84 Å². The van der Waals surface area contributed by atoms with Crippen LogP contribution in [-0.2, 0) is 25.9 Å². The van der Waals surface area contributed by atoms with Gasteiger partial charge in [0.2, 0.25) is 11.8 Å². The zero-order chi connectivity index (χ0) is 30.2. The number of carbonyl (C=O) groups is 2. The van der Waals surface area contributed by atoms with Crippen LogP contribution in [0.2, 0.25) is 5.02 Å². The molecule has 5 rings (SSSR count). The third-order valence-corrected chi connectivity index (χ3v) is 8.35. The van der Waals surface area contributed by atoms with E-state index in [2.05, 4.69) is 20.5 Å². The van der Waals surface area contributed by atoms with Crippen LogP contribution < -0.4 is 10.2 Å². The Balaban J connectivity index is 1.57. The number of anilines is 1. The summed E-state index contributed by atoms with van der Waals surface area (Å²) < 4.78 is 38.3. The third kappa shape index (κ3) is 6.44. The molecule has 13 heteroatoms. The maximum atomic E-state index is 13.9. The first-order valence-corrected chi connectivity index (χ1v) is 15.0. The highest BCUT2D eigenvalue weighted by atomic mass is 35.5. The molecule has 0 spiro atoms. The van der Waals surface area contributed by atoms with Crippen molar-refractivity contribution in [1.82, 2.24) is 20.5 Å². The summed E-state index contributed by atoms with van der Waals surface area (Å²) in [6.07, 6.45) is 0.707. The van der Waals surface area contributed by atoms with Crippen LogP contribution in [0.3, 0.4) is 0 Å². The highest BCUT2D eigenvalue weighted by Gasteiger charge is 2.39. The zero-order valence-corrected chi connectivity index (χ0v) is 24.9. The van der Waals surface area contributed by atoms with Gasteiger partial charge in [-0.3, -0.25) is 9.78 Å². The number of nitrogens with zero attached hydrogens (tertiary/aromatic N) is 4. The molecular formula is C29H28ClN5O6S. The smallest absolute Gasteiger partial charge is 0.408 e. The monoisotopic (exact) mass is 609 g/mol. The first kappa shape index (κ1) is 29.2. The van der Waals surface area contributed by atoms with Gasteiger partial charge in [-0.05, 0) is 75.7 Å². The van der Waals surface area contributed by atoms with Gasteiger partial charge in [-0.25, -0.2) is 13.2 Å². The topological polar surface area (TPSA) is 145 Å². The summed E-state index contributed by atoms with van der Waals surface area (Å²) in [5.41, 5.74) is 1.79. The Morgan fingerprint density at radius 2 is 1.74 bits per heavy atom. The van der Waals surface area contributed by atoms with Crippen LogP contribution in [-0.4, -0.2) is 53.0 Å². The highest BCUT2D eigenvalue weighted by molar-refractivity contribution is 7.91. The molecule has 1 N–H and O–H groups in total. The van der Waals surface area contributed by atoms with Crippen LogP contribution in [0.1, 0.15) is 32.0 Å². The lowest BCUT2D eigenvalue weighted by Gasteiger charge is -2.27. The van der Waals surface area contributed by atoms with E-state index < -0.39 is 39.2 Å². The summed E-state index contributed by atoms with van der Waals surface area (Å²) in [7, 11) is -4.05. The van der Waals surface area contributed by atoms with Gasteiger partial charge in [-0.1, -0.05) is 23.7 Å². The van der Waals surface area contributed by atoms with Crippen molar-refractivity contribution in [3.63, 3.8) is 0 Å². The van der Waals surface area contributed by atoms with Gasteiger partial charge < -0.3 is 19.4 Å². The number of benzene rings is 2. The minimum absolute atomic E-state index is 0.00140. The number of fused-ring (bicyclic) bond motifs is 1. The SMILES string of the molecule is Cc1ccc(-c2nnc(-c3ccc4c(c3)N(Cc3ccc(Cl)cc3)C(=O)[C@@H](NC(=O)OC(C)(C)C)CS4(=O)=O)o2)cn1. The fourth-order valence-electron chi connectivity index (χ4n) is 4.35. The van der Waals surface area contributed by atoms with Crippen molar-refractivity contribution >= 4 is 39.1 Å². The molecule has 1 aliphatic rings. The standard InChI is InChI=1S/C29H28ClN5O6S/c1-17-5-8-20(14-31-17)26-34-33-25(40-26)19-9-12-24-23(13-19)35(15-18-6-10-21(30)11-7-18)27(36)22(16-42(24,38)39)32-28(37)41-29(2,3)4/h5-14,22H,15-16H2,1-4H3,(H,32,37)/t22-/m0/s1. The van der Waals surface area contributed by atoms with Crippen molar-refractivity contribution in [2.45, 2.75) is 50.8 Å². The van der Waals surface area contributed by atoms with Crippen LogP contribution in [0, 0.1) is 6.92 Å². The van der Waals surface area contributed by atoms with Gasteiger partial charge in [0.1, 0.15) is 11.6 Å². The summed E-state index contributed by atoms with van der Waals surface area (Å²) in [6.45, 7) is 6.86. The molecule has 3 heterocycles. The van der Waals surface area contributed by atoms with Gasteiger partial charge >= 0.3 is 6.09 Å². The van der Waals surface area contributed by atoms with E-state index in [0.29, 0.717) is 21.7 Å². The molecule has 11 nitrogen and oxygen atoms in total. The predicted molar refractivity (Wildman–Crippen MR) is 156 cm³/mol. The molecule has 4 aromatic rings. The molecule has 0 saturated heterocycles. The summed E-state index contributed by atoms with van der Waals surface area (Å²) in [5.74, 6) is -0.931. The number of amides is 2. The predicted octanol–water partition coefficient (Wildman–Crippen LogP) is 4.97. The van der Waals surface area contributed by atoms with E-state index in [1.54, 1.807) is 57.3 Å². The molecule has 0 aliphatic carbocycles. The zero-order valence-electron chi connectivity index (χ0n) is 23.3. The van der Waals surface area contributed by atoms with Crippen LogP contribution in [0.25, 0.3) is 22.9 Å². The van der Waals surface area contributed by atoms with Crippen molar-refractivity contribution < 1.29 is 27.2 Å². The van der Waals surface area contributed by atoms with Crippen molar-refractivity contribution in [2.24, 2.45) is 0 Å². The second kappa shape index (κ2) is 11.2. The average Bonchev–Trinajstić information content (AvgIpc) is 3.39. The van der Waals surface area contributed by atoms with Crippen molar-refractivity contribution in [1.29, 1.82) is 0 Å². The second-order valence-electron chi connectivity index (χ2n) is 10.8. The van der Waals surface area contributed by atoms with Gasteiger partial charge in [0.05, 0.1) is 28.4 Å². The Labute approximate surface area is 247 Å². The summed E-state index contributed by atoms with van der Waals surface area (Å²) in [6, 6.07) is 13.5. The Hall–Kier alpha value is -4.29. The number of sulfone groups is 1. The number of nitrogens with one attached hydrogen (secondary N) is 1. The molecule has 0 saturated carbocycles. The molecule has 42 heavy (non-hydrogen) atoms. The second-order valence-corrected chi connectivity index (χ2v) is 13.3.